The Kier molecular flexibility index (Phi) is 5.73. The Morgan fingerprint density at radius 1 is 1.00 bits per heavy atom. The first-order valence-electron chi connectivity index (χ1n) is 7.67. The van der Waals surface area contributed by atoms with Gasteiger partial charge < -0.3 is 21.1 Å². The molecule has 0 bridgehead atoms. The summed E-state index contributed by atoms with van der Waals surface area (Å²) < 4.78 is 4.93. The molecule has 0 heterocycles. The van der Waals surface area contributed by atoms with E-state index in [2.05, 4.69) is 10.6 Å². The summed E-state index contributed by atoms with van der Waals surface area (Å²) in [6.45, 7) is 3.72. The Morgan fingerprint density at radius 3 is 2.32 bits per heavy atom. The predicted molar refractivity (Wildman–Crippen MR) is 95.2 cm³/mol. The van der Waals surface area contributed by atoms with E-state index in [1.165, 1.54) is 12.1 Å². The van der Waals surface area contributed by atoms with E-state index in [1.54, 1.807) is 37.3 Å². The van der Waals surface area contributed by atoms with Crippen molar-refractivity contribution in [1.82, 2.24) is 0 Å². The van der Waals surface area contributed by atoms with Gasteiger partial charge >= 0.3 is 17.8 Å². The lowest BCUT2D eigenvalue weighted by atomic mass is 10.1. The maximum Gasteiger partial charge on any atom is 0.340 e. The maximum absolute atomic E-state index is 12.1. The minimum Gasteiger partial charge on any atom is -0.462 e. The van der Waals surface area contributed by atoms with Gasteiger partial charge in [0.25, 0.3) is 0 Å². The molecule has 7 nitrogen and oxygen atoms in total. The van der Waals surface area contributed by atoms with Crippen LogP contribution in [-0.4, -0.2) is 24.4 Å². The fourth-order valence-electron chi connectivity index (χ4n) is 2.12. The molecule has 2 aromatic rings. The van der Waals surface area contributed by atoms with Crippen molar-refractivity contribution >= 4 is 34.8 Å². The van der Waals surface area contributed by atoms with Gasteiger partial charge in [-0.2, -0.15) is 0 Å². The number of amides is 2. The number of hydrogen-bond acceptors (Lipinski definition) is 5. The van der Waals surface area contributed by atoms with Gasteiger partial charge in [0.2, 0.25) is 0 Å². The Balaban J connectivity index is 2.13. The van der Waals surface area contributed by atoms with Crippen LogP contribution in [0.15, 0.2) is 42.5 Å². The van der Waals surface area contributed by atoms with E-state index in [4.69, 9.17) is 10.5 Å². The zero-order chi connectivity index (χ0) is 18.4. The highest BCUT2D eigenvalue weighted by atomic mass is 16.5. The topological polar surface area (TPSA) is 111 Å². The molecule has 0 aliphatic rings. The van der Waals surface area contributed by atoms with Gasteiger partial charge in [-0.3, -0.25) is 9.59 Å². The summed E-state index contributed by atoms with van der Waals surface area (Å²) in [5, 5.41) is 4.86. The minimum absolute atomic E-state index is 0.167. The summed E-state index contributed by atoms with van der Waals surface area (Å²) in [4.78, 5) is 36.1. The molecule has 4 N–H and O–H groups in total. The molecular formula is C18H19N3O4. The highest BCUT2D eigenvalue weighted by Crippen LogP contribution is 2.20. The first kappa shape index (κ1) is 18.0. The van der Waals surface area contributed by atoms with E-state index in [-0.39, 0.29) is 17.9 Å². The lowest BCUT2D eigenvalue weighted by molar-refractivity contribution is -0.132. The number of nitrogens with two attached hydrogens (primary N) is 1. The van der Waals surface area contributed by atoms with Gasteiger partial charge in [-0.15, -0.1) is 0 Å². The molecule has 0 aromatic heterocycles. The number of carbonyl (C=O) groups excluding carboxylic acids is 3. The maximum atomic E-state index is 12.1. The van der Waals surface area contributed by atoms with Gasteiger partial charge in [-0.1, -0.05) is 18.2 Å². The van der Waals surface area contributed by atoms with Crippen LogP contribution in [0.25, 0.3) is 0 Å². The molecule has 2 amide bonds. The van der Waals surface area contributed by atoms with Gasteiger partial charge in [-0.25, -0.2) is 4.79 Å². The lowest BCUT2D eigenvalue weighted by Crippen LogP contribution is -2.30. The second kappa shape index (κ2) is 7.96. The van der Waals surface area contributed by atoms with E-state index in [1.807, 2.05) is 6.92 Å². The molecule has 0 spiro atoms. The van der Waals surface area contributed by atoms with Crippen LogP contribution < -0.4 is 16.4 Å². The van der Waals surface area contributed by atoms with Crippen molar-refractivity contribution in [3.05, 3.63) is 53.6 Å². The van der Waals surface area contributed by atoms with Crippen LogP contribution in [0.5, 0.6) is 0 Å². The number of para-hydroxylation sites is 1. The first-order valence-corrected chi connectivity index (χ1v) is 7.67. The molecule has 0 unspecified atom stereocenters. The minimum atomic E-state index is -0.919. The second-order valence-electron chi connectivity index (χ2n) is 5.27. The van der Waals surface area contributed by atoms with Crippen molar-refractivity contribution in [1.29, 1.82) is 0 Å². The Hall–Kier alpha value is -3.35. The van der Waals surface area contributed by atoms with Crippen molar-refractivity contribution in [2.24, 2.45) is 0 Å². The van der Waals surface area contributed by atoms with Crippen molar-refractivity contribution in [3.8, 4) is 0 Å². The van der Waals surface area contributed by atoms with Crippen LogP contribution in [0.1, 0.15) is 22.8 Å². The smallest absolute Gasteiger partial charge is 0.340 e. The molecule has 2 rings (SSSR count). The molecule has 0 fully saturated rings. The van der Waals surface area contributed by atoms with Gasteiger partial charge in [-0.05, 0) is 43.7 Å². The zero-order valence-corrected chi connectivity index (χ0v) is 14.0. The number of aryl methyl sites for hydroxylation is 1. The molecule has 0 saturated heterocycles. The van der Waals surface area contributed by atoms with Gasteiger partial charge in [0.05, 0.1) is 29.2 Å². The quantitative estimate of drug-likeness (QED) is 0.449. The lowest BCUT2D eigenvalue weighted by Gasteiger charge is -2.11. The van der Waals surface area contributed by atoms with E-state index >= 15 is 0 Å². The van der Waals surface area contributed by atoms with Crippen LogP contribution in [0.4, 0.5) is 17.1 Å². The van der Waals surface area contributed by atoms with Crippen molar-refractivity contribution < 1.29 is 19.1 Å². The third kappa shape index (κ3) is 4.57. The number of hydrogen-bond donors (Lipinski definition) is 3. The van der Waals surface area contributed by atoms with E-state index in [9.17, 15) is 14.4 Å². The Morgan fingerprint density at radius 2 is 1.64 bits per heavy atom. The number of benzene rings is 2. The highest BCUT2D eigenvalue weighted by Gasteiger charge is 2.19. The van der Waals surface area contributed by atoms with Gasteiger partial charge in [0.15, 0.2) is 0 Å². The average molecular weight is 341 g/mol. The summed E-state index contributed by atoms with van der Waals surface area (Å²) in [5.41, 5.74) is 7.72. The van der Waals surface area contributed by atoms with E-state index in [0.29, 0.717) is 11.4 Å². The van der Waals surface area contributed by atoms with Crippen LogP contribution >= 0.6 is 0 Å². The Bertz CT molecular complexity index is 818. The summed E-state index contributed by atoms with van der Waals surface area (Å²) in [7, 11) is 0. The van der Waals surface area contributed by atoms with Crippen molar-refractivity contribution in [2.75, 3.05) is 23.0 Å². The number of esters is 1. The second-order valence-corrected chi connectivity index (χ2v) is 5.27. The predicted octanol–water partition coefficient (Wildman–Crippen LogP) is 2.33. The molecular weight excluding hydrogens is 322 g/mol. The molecule has 7 heteroatoms. The molecule has 2 aromatic carbocycles. The summed E-state index contributed by atoms with van der Waals surface area (Å²) in [6, 6.07) is 11.4. The normalized spacial score (nSPS) is 10.0. The summed E-state index contributed by atoms with van der Waals surface area (Å²) in [6.07, 6.45) is 0. The number of carbonyl (C=O) groups is 3. The average Bonchev–Trinajstić information content (AvgIpc) is 2.58. The first-order chi connectivity index (χ1) is 11.9. The molecule has 130 valence electrons. The largest absolute Gasteiger partial charge is 0.462 e. The van der Waals surface area contributed by atoms with Crippen LogP contribution in [0, 0.1) is 6.92 Å². The number of ether oxygens (including phenoxy) is 1. The van der Waals surface area contributed by atoms with Crippen molar-refractivity contribution in [2.45, 2.75) is 13.8 Å². The molecule has 0 aliphatic carbocycles. The van der Waals surface area contributed by atoms with Gasteiger partial charge in [0, 0.05) is 0 Å². The highest BCUT2D eigenvalue weighted by molar-refractivity contribution is 6.44. The fraction of sp³-hybridized carbons (Fsp3) is 0.167. The van der Waals surface area contributed by atoms with E-state index in [0.717, 1.165) is 5.56 Å². The third-order valence-corrected chi connectivity index (χ3v) is 3.33. The molecule has 0 atom stereocenters. The molecule has 0 saturated carbocycles. The van der Waals surface area contributed by atoms with Crippen LogP contribution in [0.3, 0.4) is 0 Å². The van der Waals surface area contributed by atoms with Crippen LogP contribution in [0.2, 0.25) is 0 Å². The number of rotatable bonds is 4. The number of anilines is 3. The summed E-state index contributed by atoms with van der Waals surface area (Å²) >= 11 is 0. The SMILES string of the molecule is CCOC(=O)c1ccccc1NC(=O)C(=O)Nc1cc(C)ccc1N. The number of nitrogens with one attached hydrogen (secondary N) is 2. The number of nitrogen functional groups attached to an aromatic ring is 1. The monoisotopic (exact) mass is 341 g/mol. The van der Waals surface area contributed by atoms with Crippen LogP contribution in [-0.2, 0) is 14.3 Å². The standard InChI is InChI=1S/C18H19N3O4/c1-3-25-18(24)12-6-4-5-7-14(12)20-16(22)17(23)21-15-10-11(2)8-9-13(15)19/h4-10H,3,19H2,1-2H3,(H,20,22)(H,21,23). The third-order valence-electron chi connectivity index (χ3n) is 3.33. The fourth-order valence-corrected chi connectivity index (χ4v) is 2.12. The Labute approximate surface area is 145 Å². The summed E-state index contributed by atoms with van der Waals surface area (Å²) in [5.74, 6) is -2.39. The van der Waals surface area contributed by atoms with Crippen molar-refractivity contribution in [3.63, 3.8) is 0 Å². The molecule has 0 radical (unpaired) electrons. The molecule has 25 heavy (non-hydrogen) atoms. The zero-order valence-electron chi connectivity index (χ0n) is 14.0. The van der Waals surface area contributed by atoms with E-state index < -0.39 is 17.8 Å². The molecule has 0 aliphatic heterocycles. The van der Waals surface area contributed by atoms with Gasteiger partial charge in [0.1, 0.15) is 0 Å².